The van der Waals surface area contributed by atoms with Gasteiger partial charge in [-0.2, -0.15) is 0 Å². The molecule has 1 unspecified atom stereocenters. The number of esters is 1. The summed E-state index contributed by atoms with van der Waals surface area (Å²) in [6, 6.07) is 0. The standard InChI is InChI=1S/C11H19NO2/c1-6-8(2)7-9(12)10(13)14-11(3,4)5/h6,8,12H,1,7H2,2-5H3. The summed E-state index contributed by atoms with van der Waals surface area (Å²) in [6.45, 7) is 10.9. The zero-order chi connectivity index (χ0) is 11.4. The Kier molecular flexibility index (Phi) is 4.54. The fraction of sp³-hybridized carbons (Fsp3) is 0.636. The fourth-order valence-electron chi connectivity index (χ4n) is 0.828. The van der Waals surface area contributed by atoms with Crippen LogP contribution in [0.4, 0.5) is 0 Å². The van der Waals surface area contributed by atoms with Crippen LogP contribution in [0.25, 0.3) is 0 Å². The van der Waals surface area contributed by atoms with Gasteiger partial charge in [-0.25, -0.2) is 4.79 Å². The highest BCUT2D eigenvalue weighted by molar-refractivity contribution is 6.35. The Morgan fingerprint density at radius 2 is 2.07 bits per heavy atom. The van der Waals surface area contributed by atoms with Gasteiger partial charge in [0.05, 0.1) is 0 Å². The Morgan fingerprint density at radius 3 is 2.43 bits per heavy atom. The molecule has 1 atom stereocenters. The second-order valence-corrected chi connectivity index (χ2v) is 4.40. The van der Waals surface area contributed by atoms with Crippen molar-refractivity contribution in [1.29, 1.82) is 5.41 Å². The van der Waals surface area contributed by atoms with E-state index in [1.54, 1.807) is 26.8 Å². The molecule has 0 saturated carbocycles. The van der Waals surface area contributed by atoms with Crippen LogP contribution in [0.2, 0.25) is 0 Å². The van der Waals surface area contributed by atoms with E-state index in [0.29, 0.717) is 6.42 Å². The molecule has 3 heteroatoms. The molecule has 0 heterocycles. The summed E-state index contributed by atoms with van der Waals surface area (Å²) < 4.78 is 5.05. The molecule has 0 rings (SSSR count). The van der Waals surface area contributed by atoms with Crippen molar-refractivity contribution in [2.45, 2.75) is 39.7 Å². The van der Waals surface area contributed by atoms with Crippen molar-refractivity contribution in [3.05, 3.63) is 12.7 Å². The van der Waals surface area contributed by atoms with E-state index < -0.39 is 11.6 Å². The number of allylic oxidation sites excluding steroid dienone is 1. The van der Waals surface area contributed by atoms with E-state index in [1.165, 1.54) is 0 Å². The quantitative estimate of drug-likeness (QED) is 0.428. The summed E-state index contributed by atoms with van der Waals surface area (Å²) >= 11 is 0. The Morgan fingerprint density at radius 1 is 1.57 bits per heavy atom. The maximum absolute atomic E-state index is 11.3. The van der Waals surface area contributed by atoms with Crippen LogP contribution in [0.15, 0.2) is 12.7 Å². The summed E-state index contributed by atoms with van der Waals surface area (Å²) in [5.74, 6) is -0.402. The Labute approximate surface area is 85.7 Å². The predicted octanol–water partition coefficient (Wildman–Crippen LogP) is 2.56. The normalized spacial score (nSPS) is 13.1. The molecule has 80 valence electrons. The Bertz CT molecular complexity index is 238. The van der Waals surface area contributed by atoms with Gasteiger partial charge in [0.2, 0.25) is 0 Å². The van der Waals surface area contributed by atoms with Crippen molar-refractivity contribution in [3.63, 3.8) is 0 Å². The van der Waals surface area contributed by atoms with E-state index in [9.17, 15) is 4.79 Å². The molecule has 1 N–H and O–H groups in total. The summed E-state index contributed by atoms with van der Waals surface area (Å²) in [6.07, 6.45) is 2.11. The van der Waals surface area contributed by atoms with Gasteiger partial charge in [0, 0.05) is 6.42 Å². The van der Waals surface area contributed by atoms with Crippen molar-refractivity contribution >= 4 is 11.7 Å². The SMILES string of the molecule is C=CC(C)CC(=N)C(=O)OC(C)(C)C. The van der Waals surface area contributed by atoms with E-state index in [4.69, 9.17) is 10.1 Å². The molecule has 0 aliphatic rings. The molecular weight excluding hydrogens is 178 g/mol. The minimum atomic E-state index is -0.536. The maximum atomic E-state index is 11.3. The van der Waals surface area contributed by atoms with Crippen LogP contribution < -0.4 is 0 Å². The highest BCUT2D eigenvalue weighted by Crippen LogP contribution is 2.10. The molecule has 0 aliphatic carbocycles. The van der Waals surface area contributed by atoms with Gasteiger partial charge in [-0.1, -0.05) is 13.0 Å². The summed E-state index contributed by atoms with van der Waals surface area (Å²) in [5, 5.41) is 7.49. The number of nitrogens with one attached hydrogen (secondary N) is 1. The maximum Gasteiger partial charge on any atom is 0.352 e. The smallest absolute Gasteiger partial charge is 0.352 e. The number of hydrogen-bond donors (Lipinski definition) is 1. The fourth-order valence-corrected chi connectivity index (χ4v) is 0.828. The zero-order valence-corrected chi connectivity index (χ0v) is 9.39. The minimum absolute atomic E-state index is 0.00678. The van der Waals surface area contributed by atoms with E-state index in [1.807, 2.05) is 6.92 Å². The highest BCUT2D eigenvalue weighted by atomic mass is 16.6. The van der Waals surface area contributed by atoms with Gasteiger partial charge in [-0.3, -0.25) is 5.41 Å². The van der Waals surface area contributed by atoms with Crippen LogP contribution >= 0.6 is 0 Å². The van der Waals surface area contributed by atoms with E-state index in [0.717, 1.165) is 0 Å². The third kappa shape index (κ3) is 5.51. The number of carbonyl (C=O) groups excluding carboxylic acids is 1. The number of ether oxygens (including phenoxy) is 1. The lowest BCUT2D eigenvalue weighted by Crippen LogP contribution is -2.29. The molecule has 0 spiro atoms. The van der Waals surface area contributed by atoms with Gasteiger partial charge in [0.1, 0.15) is 11.3 Å². The minimum Gasteiger partial charge on any atom is -0.456 e. The molecule has 0 aliphatic heterocycles. The lowest BCUT2D eigenvalue weighted by Gasteiger charge is -2.20. The number of rotatable bonds is 4. The van der Waals surface area contributed by atoms with Crippen molar-refractivity contribution in [1.82, 2.24) is 0 Å². The number of hydrogen-bond acceptors (Lipinski definition) is 3. The molecule has 0 aromatic carbocycles. The van der Waals surface area contributed by atoms with Crippen LogP contribution in [-0.2, 0) is 9.53 Å². The molecule has 14 heavy (non-hydrogen) atoms. The predicted molar refractivity (Wildman–Crippen MR) is 57.5 cm³/mol. The Hall–Kier alpha value is -1.12. The van der Waals surface area contributed by atoms with Crippen LogP contribution in [0.5, 0.6) is 0 Å². The topological polar surface area (TPSA) is 50.2 Å². The number of carbonyl (C=O) groups is 1. The summed E-state index contributed by atoms with van der Waals surface area (Å²) in [4.78, 5) is 11.3. The van der Waals surface area contributed by atoms with Gasteiger partial charge in [0.15, 0.2) is 0 Å². The highest BCUT2D eigenvalue weighted by Gasteiger charge is 2.20. The van der Waals surface area contributed by atoms with Gasteiger partial charge >= 0.3 is 5.97 Å². The largest absolute Gasteiger partial charge is 0.456 e. The molecule has 0 amide bonds. The first-order valence-electron chi connectivity index (χ1n) is 4.69. The molecular formula is C11H19NO2. The Balaban J connectivity index is 4.14. The molecule has 0 bridgehead atoms. The van der Waals surface area contributed by atoms with Gasteiger partial charge < -0.3 is 4.74 Å². The average molecular weight is 197 g/mol. The van der Waals surface area contributed by atoms with Gasteiger partial charge in [0.25, 0.3) is 0 Å². The van der Waals surface area contributed by atoms with Crippen molar-refractivity contribution in [2.75, 3.05) is 0 Å². The van der Waals surface area contributed by atoms with Crippen LogP contribution in [0.3, 0.4) is 0 Å². The van der Waals surface area contributed by atoms with Gasteiger partial charge in [-0.15, -0.1) is 6.58 Å². The van der Waals surface area contributed by atoms with Crippen LogP contribution in [0.1, 0.15) is 34.1 Å². The first kappa shape index (κ1) is 12.9. The lowest BCUT2D eigenvalue weighted by atomic mass is 10.0. The van der Waals surface area contributed by atoms with Gasteiger partial charge in [-0.05, 0) is 26.7 Å². The second-order valence-electron chi connectivity index (χ2n) is 4.40. The lowest BCUT2D eigenvalue weighted by molar-refractivity contribution is -0.146. The van der Waals surface area contributed by atoms with Crippen LogP contribution in [-0.4, -0.2) is 17.3 Å². The molecule has 0 radical (unpaired) electrons. The second kappa shape index (κ2) is 4.94. The molecule has 0 aromatic heterocycles. The van der Waals surface area contributed by atoms with Crippen molar-refractivity contribution in [2.24, 2.45) is 5.92 Å². The third-order valence-corrected chi connectivity index (χ3v) is 1.57. The third-order valence-electron chi connectivity index (χ3n) is 1.57. The van der Waals surface area contributed by atoms with Crippen molar-refractivity contribution in [3.8, 4) is 0 Å². The molecule has 0 aromatic rings. The van der Waals surface area contributed by atoms with E-state index in [2.05, 4.69) is 6.58 Å². The molecule has 3 nitrogen and oxygen atoms in total. The average Bonchev–Trinajstić information content (AvgIpc) is 2.00. The first-order chi connectivity index (χ1) is 6.26. The summed E-state index contributed by atoms with van der Waals surface area (Å²) in [5.41, 5.74) is -0.520. The first-order valence-corrected chi connectivity index (χ1v) is 4.69. The van der Waals surface area contributed by atoms with Crippen LogP contribution in [0, 0.1) is 11.3 Å². The molecule has 0 saturated heterocycles. The monoisotopic (exact) mass is 197 g/mol. The zero-order valence-electron chi connectivity index (χ0n) is 9.39. The van der Waals surface area contributed by atoms with E-state index >= 15 is 0 Å². The van der Waals surface area contributed by atoms with Crippen molar-refractivity contribution < 1.29 is 9.53 Å². The van der Waals surface area contributed by atoms with E-state index in [-0.39, 0.29) is 11.6 Å². The summed E-state index contributed by atoms with van der Waals surface area (Å²) in [7, 11) is 0. The molecule has 0 fully saturated rings.